The van der Waals surface area contributed by atoms with Crippen LogP contribution in [0.3, 0.4) is 0 Å². The third kappa shape index (κ3) is 2.49. The first-order chi connectivity index (χ1) is 11.9. The summed E-state index contributed by atoms with van der Waals surface area (Å²) in [5, 5.41) is 9.99. The summed E-state index contributed by atoms with van der Waals surface area (Å²) >= 11 is 0. The molecule has 4 unspecified atom stereocenters. The zero-order valence-corrected chi connectivity index (χ0v) is 15.0. The summed E-state index contributed by atoms with van der Waals surface area (Å²) in [6, 6.07) is 3.70. The van der Waals surface area contributed by atoms with Crippen LogP contribution < -0.4 is 0 Å². The van der Waals surface area contributed by atoms with Crippen molar-refractivity contribution < 1.29 is 19.4 Å². The minimum Gasteiger partial charge on any atom is -0.507 e. The molecule has 2 fully saturated rings. The Kier molecular flexibility index (Phi) is 3.89. The second-order valence-electron chi connectivity index (χ2n) is 8.36. The van der Waals surface area contributed by atoms with Gasteiger partial charge in [0.05, 0.1) is 5.56 Å². The Morgan fingerprint density at radius 2 is 2.08 bits per heavy atom. The zero-order chi connectivity index (χ0) is 17.8. The number of hydrogen-bond acceptors (Lipinski definition) is 4. The molecule has 0 bridgehead atoms. The van der Waals surface area contributed by atoms with Crippen molar-refractivity contribution in [2.75, 3.05) is 0 Å². The van der Waals surface area contributed by atoms with E-state index in [0.717, 1.165) is 44.8 Å². The highest BCUT2D eigenvalue weighted by atomic mass is 16.5. The monoisotopic (exact) mass is 342 g/mol. The fourth-order valence-corrected chi connectivity index (χ4v) is 6.07. The average molecular weight is 342 g/mol. The molecule has 25 heavy (non-hydrogen) atoms. The molecule has 2 saturated carbocycles. The van der Waals surface area contributed by atoms with Crippen molar-refractivity contribution in [2.24, 2.45) is 17.3 Å². The van der Waals surface area contributed by atoms with Crippen LogP contribution in [0.5, 0.6) is 5.75 Å². The van der Waals surface area contributed by atoms with E-state index in [2.05, 4.69) is 6.92 Å². The molecule has 1 N–H and O–H groups in total. The van der Waals surface area contributed by atoms with Crippen LogP contribution >= 0.6 is 0 Å². The quantitative estimate of drug-likeness (QED) is 0.652. The molecule has 0 saturated heterocycles. The van der Waals surface area contributed by atoms with E-state index in [1.54, 1.807) is 6.07 Å². The number of phenolic OH excluding ortho intramolecular Hbond substituents is 1. The average Bonchev–Trinajstić information content (AvgIpc) is 2.90. The number of esters is 1. The van der Waals surface area contributed by atoms with Gasteiger partial charge in [0.25, 0.3) is 0 Å². The standard InChI is InChI=1S/C21H26O4/c1-12(23)25-20-6-5-18-16-4-3-13-10-19(24)14(11-22)9-17(13)15(16)7-8-21(18,20)2/h9-11,15-16,18,20,24H,3-8H2,1-2H3/t15?,16?,18?,20-,21?/m0/s1. The first-order valence-electron chi connectivity index (χ1n) is 9.42. The number of benzene rings is 1. The fourth-order valence-electron chi connectivity index (χ4n) is 6.07. The summed E-state index contributed by atoms with van der Waals surface area (Å²) in [5.41, 5.74) is 2.93. The van der Waals surface area contributed by atoms with Crippen LogP contribution in [0.25, 0.3) is 0 Å². The Bertz CT molecular complexity index is 725. The van der Waals surface area contributed by atoms with E-state index >= 15 is 0 Å². The van der Waals surface area contributed by atoms with E-state index in [0.29, 0.717) is 23.3 Å². The highest BCUT2D eigenvalue weighted by Gasteiger charge is 2.56. The molecule has 3 aliphatic carbocycles. The van der Waals surface area contributed by atoms with Crippen LogP contribution in [0.4, 0.5) is 0 Å². The van der Waals surface area contributed by atoms with Crippen molar-refractivity contribution in [1.82, 2.24) is 0 Å². The molecule has 4 heteroatoms. The molecule has 4 nitrogen and oxygen atoms in total. The van der Waals surface area contributed by atoms with Gasteiger partial charge in [-0.2, -0.15) is 0 Å². The van der Waals surface area contributed by atoms with Crippen molar-refractivity contribution in [3.63, 3.8) is 0 Å². The predicted octanol–water partition coefficient (Wildman–Crippen LogP) is 3.99. The topological polar surface area (TPSA) is 63.6 Å². The Morgan fingerprint density at radius 1 is 1.28 bits per heavy atom. The van der Waals surface area contributed by atoms with E-state index in [1.807, 2.05) is 6.07 Å². The summed E-state index contributed by atoms with van der Waals surface area (Å²) < 4.78 is 5.67. The number of phenols is 1. The van der Waals surface area contributed by atoms with Crippen LogP contribution in [-0.4, -0.2) is 23.5 Å². The molecular formula is C21H26O4. The lowest BCUT2D eigenvalue weighted by atomic mass is 9.55. The van der Waals surface area contributed by atoms with E-state index in [4.69, 9.17) is 4.74 Å². The van der Waals surface area contributed by atoms with Crippen molar-refractivity contribution in [3.8, 4) is 5.75 Å². The van der Waals surface area contributed by atoms with Gasteiger partial charge in [-0.1, -0.05) is 6.92 Å². The van der Waals surface area contributed by atoms with Gasteiger partial charge in [0.2, 0.25) is 0 Å². The molecule has 0 spiro atoms. The molecule has 0 radical (unpaired) electrons. The van der Waals surface area contributed by atoms with Gasteiger partial charge in [0.15, 0.2) is 6.29 Å². The minimum absolute atomic E-state index is 0.0442. The number of fused-ring (bicyclic) bond motifs is 5. The van der Waals surface area contributed by atoms with Crippen LogP contribution in [0.15, 0.2) is 12.1 Å². The van der Waals surface area contributed by atoms with Crippen molar-refractivity contribution in [2.45, 2.75) is 64.4 Å². The first kappa shape index (κ1) is 16.6. The minimum atomic E-state index is -0.172. The Labute approximate surface area is 148 Å². The number of carbonyl (C=O) groups is 2. The maximum Gasteiger partial charge on any atom is 0.302 e. The normalized spacial score (nSPS) is 36.1. The highest BCUT2D eigenvalue weighted by Crippen LogP contribution is 2.61. The molecule has 1 aromatic rings. The number of rotatable bonds is 2. The van der Waals surface area contributed by atoms with E-state index in [-0.39, 0.29) is 23.2 Å². The molecule has 1 aromatic carbocycles. The second-order valence-corrected chi connectivity index (χ2v) is 8.36. The third-order valence-electron chi connectivity index (χ3n) is 7.22. The van der Waals surface area contributed by atoms with E-state index < -0.39 is 0 Å². The van der Waals surface area contributed by atoms with Gasteiger partial charge < -0.3 is 9.84 Å². The number of aromatic hydroxyl groups is 1. The Morgan fingerprint density at radius 3 is 2.80 bits per heavy atom. The zero-order valence-electron chi connectivity index (χ0n) is 15.0. The molecule has 134 valence electrons. The van der Waals surface area contributed by atoms with Gasteiger partial charge in [-0.05, 0) is 79.5 Å². The number of aryl methyl sites for hydroxylation is 1. The lowest BCUT2D eigenvalue weighted by molar-refractivity contribution is -0.154. The van der Waals surface area contributed by atoms with Crippen LogP contribution in [0, 0.1) is 17.3 Å². The summed E-state index contributed by atoms with van der Waals surface area (Å²) in [7, 11) is 0. The van der Waals surface area contributed by atoms with Gasteiger partial charge >= 0.3 is 5.97 Å². The Hall–Kier alpha value is -1.84. The first-order valence-corrected chi connectivity index (χ1v) is 9.42. The van der Waals surface area contributed by atoms with Gasteiger partial charge in [-0.3, -0.25) is 9.59 Å². The summed E-state index contributed by atoms with van der Waals surface area (Å²) in [5.74, 6) is 1.53. The van der Waals surface area contributed by atoms with Gasteiger partial charge in [-0.25, -0.2) is 0 Å². The molecule has 0 amide bonds. The fraction of sp³-hybridized carbons (Fsp3) is 0.619. The number of hydrogen-bond donors (Lipinski definition) is 1. The van der Waals surface area contributed by atoms with Crippen molar-refractivity contribution >= 4 is 12.3 Å². The Balaban J connectivity index is 1.66. The maximum atomic E-state index is 11.5. The second kappa shape index (κ2) is 5.86. The number of aldehydes is 1. The van der Waals surface area contributed by atoms with Crippen LogP contribution in [0.1, 0.15) is 73.4 Å². The highest BCUT2D eigenvalue weighted by molar-refractivity contribution is 5.80. The summed E-state index contributed by atoms with van der Waals surface area (Å²) in [4.78, 5) is 22.7. The molecule has 0 aromatic heterocycles. The van der Waals surface area contributed by atoms with E-state index in [9.17, 15) is 14.7 Å². The van der Waals surface area contributed by atoms with Gasteiger partial charge in [0.1, 0.15) is 11.9 Å². The molecule has 0 aliphatic heterocycles. The summed E-state index contributed by atoms with van der Waals surface area (Å²) in [6.07, 6.45) is 7.05. The molecule has 5 atom stereocenters. The van der Waals surface area contributed by atoms with Crippen LogP contribution in [0.2, 0.25) is 0 Å². The molecule has 4 rings (SSSR count). The molecule has 3 aliphatic rings. The molecule has 0 heterocycles. The van der Waals surface area contributed by atoms with Gasteiger partial charge in [-0.15, -0.1) is 0 Å². The lowest BCUT2D eigenvalue weighted by Crippen LogP contribution is -2.45. The third-order valence-corrected chi connectivity index (χ3v) is 7.22. The van der Waals surface area contributed by atoms with Gasteiger partial charge in [0, 0.05) is 12.3 Å². The van der Waals surface area contributed by atoms with Crippen molar-refractivity contribution in [3.05, 3.63) is 28.8 Å². The predicted molar refractivity (Wildman–Crippen MR) is 93.7 cm³/mol. The van der Waals surface area contributed by atoms with Crippen molar-refractivity contribution in [1.29, 1.82) is 0 Å². The smallest absolute Gasteiger partial charge is 0.302 e. The number of carbonyl (C=O) groups excluding carboxylic acids is 2. The molecular weight excluding hydrogens is 316 g/mol. The maximum absolute atomic E-state index is 11.5. The largest absolute Gasteiger partial charge is 0.507 e. The van der Waals surface area contributed by atoms with E-state index in [1.165, 1.54) is 18.1 Å². The lowest BCUT2D eigenvalue weighted by Gasteiger charge is -2.50. The van der Waals surface area contributed by atoms with Crippen LogP contribution in [-0.2, 0) is 16.0 Å². The number of ether oxygens (including phenoxy) is 1. The SMILES string of the molecule is CC(=O)O[C@H]1CCC2C3CCc4cc(O)c(C=O)cc4C3CCC21C. The summed E-state index contributed by atoms with van der Waals surface area (Å²) in [6.45, 7) is 3.81.